The fourth-order valence-electron chi connectivity index (χ4n) is 3.88. The molecule has 0 saturated heterocycles. The first kappa shape index (κ1) is 20.9. The molecule has 0 aliphatic carbocycles. The Morgan fingerprint density at radius 3 is 2.76 bits per heavy atom. The number of rotatable bonds is 6. The standard InChI is InChI=1S/C25H25N5O3/c1-16(2)30-24-20(15-28-30)19(25(31)27-10-8-18-5-3-4-9-26-18)14-21(29-24)17-6-7-22-23(13-17)33-12-11-32-22/h3-7,9,13-16H,8,10-12H2,1-2H3,(H,27,31). The van der Waals surface area contributed by atoms with Crippen LogP contribution in [-0.4, -0.2) is 45.4 Å². The van der Waals surface area contributed by atoms with Gasteiger partial charge in [0.2, 0.25) is 0 Å². The first-order valence-corrected chi connectivity index (χ1v) is 11.1. The highest BCUT2D eigenvalue weighted by Crippen LogP contribution is 2.35. The number of nitrogens with one attached hydrogen (secondary N) is 1. The Morgan fingerprint density at radius 2 is 1.97 bits per heavy atom. The van der Waals surface area contributed by atoms with Crippen LogP contribution in [0.15, 0.2) is 54.9 Å². The fraction of sp³-hybridized carbons (Fsp3) is 0.280. The lowest BCUT2D eigenvalue weighted by Crippen LogP contribution is -2.26. The van der Waals surface area contributed by atoms with Crippen molar-refractivity contribution in [3.8, 4) is 22.8 Å². The molecule has 8 nitrogen and oxygen atoms in total. The van der Waals surface area contributed by atoms with Gasteiger partial charge in [0, 0.05) is 36.5 Å². The molecule has 4 heterocycles. The average molecular weight is 444 g/mol. The molecule has 3 aromatic heterocycles. The zero-order valence-corrected chi connectivity index (χ0v) is 18.6. The van der Waals surface area contributed by atoms with Gasteiger partial charge in [0.05, 0.1) is 22.8 Å². The summed E-state index contributed by atoms with van der Waals surface area (Å²) in [5, 5.41) is 8.23. The van der Waals surface area contributed by atoms with E-state index in [0.29, 0.717) is 54.6 Å². The van der Waals surface area contributed by atoms with E-state index < -0.39 is 0 Å². The van der Waals surface area contributed by atoms with Gasteiger partial charge in [-0.15, -0.1) is 0 Å². The van der Waals surface area contributed by atoms with E-state index in [0.717, 1.165) is 16.6 Å². The predicted molar refractivity (Wildman–Crippen MR) is 125 cm³/mol. The lowest BCUT2D eigenvalue weighted by molar-refractivity contribution is 0.0955. The van der Waals surface area contributed by atoms with E-state index in [2.05, 4.69) is 15.4 Å². The number of fused-ring (bicyclic) bond motifs is 2. The molecule has 168 valence electrons. The third-order valence-electron chi connectivity index (χ3n) is 5.53. The third-order valence-corrected chi connectivity index (χ3v) is 5.53. The van der Waals surface area contributed by atoms with E-state index in [9.17, 15) is 4.79 Å². The number of nitrogens with zero attached hydrogens (tertiary/aromatic N) is 4. The Labute approximate surface area is 191 Å². The highest BCUT2D eigenvalue weighted by atomic mass is 16.6. The molecule has 8 heteroatoms. The Kier molecular flexibility index (Phi) is 5.64. The van der Waals surface area contributed by atoms with Crippen LogP contribution in [0.1, 0.15) is 35.9 Å². The summed E-state index contributed by atoms with van der Waals surface area (Å²) in [6.07, 6.45) is 4.12. The molecule has 0 bridgehead atoms. The number of aromatic nitrogens is 4. The van der Waals surface area contributed by atoms with Crippen molar-refractivity contribution in [2.45, 2.75) is 26.3 Å². The van der Waals surface area contributed by atoms with Gasteiger partial charge in [-0.25, -0.2) is 9.67 Å². The van der Waals surface area contributed by atoms with Crippen LogP contribution in [0.3, 0.4) is 0 Å². The lowest BCUT2D eigenvalue weighted by Gasteiger charge is -2.19. The molecule has 0 fully saturated rings. The Morgan fingerprint density at radius 1 is 1.12 bits per heavy atom. The fourth-order valence-corrected chi connectivity index (χ4v) is 3.88. The molecule has 0 atom stereocenters. The third kappa shape index (κ3) is 4.24. The zero-order chi connectivity index (χ0) is 22.8. The van der Waals surface area contributed by atoms with Gasteiger partial charge in [0.15, 0.2) is 17.1 Å². The highest BCUT2D eigenvalue weighted by Gasteiger charge is 2.20. The zero-order valence-electron chi connectivity index (χ0n) is 18.6. The van der Waals surface area contributed by atoms with Crippen LogP contribution in [0.25, 0.3) is 22.3 Å². The van der Waals surface area contributed by atoms with Gasteiger partial charge in [0.25, 0.3) is 5.91 Å². The van der Waals surface area contributed by atoms with E-state index in [1.807, 2.05) is 61.0 Å². The first-order valence-electron chi connectivity index (χ1n) is 11.1. The lowest BCUT2D eigenvalue weighted by atomic mass is 10.1. The molecule has 5 rings (SSSR count). The van der Waals surface area contributed by atoms with Gasteiger partial charge in [0.1, 0.15) is 13.2 Å². The van der Waals surface area contributed by atoms with Gasteiger partial charge >= 0.3 is 0 Å². The predicted octanol–water partition coefficient (Wildman–Crippen LogP) is 3.82. The molecule has 1 amide bonds. The van der Waals surface area contributed by atoms with Crippen molar-refractivity contribution in [3.63, 3.8) is 0 Å². The molecule has 1 aliphatic rings. The Balaban J connectivity index is 1.50. The number of carbonyl (C=O) groups excluding carboxylic acids is 1. The van der Waals surface area contributed by atoms with Crippen molar-refractivity contribution < 1.29 is 14.3 Å². The first-order chi connectivity index (χ1) is 16.1. The van der Waals surface area contributed by atoms with E-state index in [4.69, 9.17) is 14.5 Å². The minimum atomic E-state index is -0.166. The number of carbonyl (C=O) groups is 1. The molecule has 0 saturated carbocycles. The molecular weight excluding hydrogens is 418 g/mol. The summed E-state index contributed by atoms with van der Waals surface area (Å²) in [6.45, 7) is 5.60. The minimum Gasteiger partial charge on any atom is -0.486 e. The number of benzene rings is 1. The molecule has 0 unspecified atom stereocenters. The van der Waals surface area contributed by atoms with Crippen molar-refractivity contribution >= 4 is 16.9 Å². The summed E-state index contributed by atoms with van der Waals surface area (Å²) in [4.78, 5) is 22.4. The number of pyridine rings is 2. The second-order valence-corrected chi connectivity index (χ2v) is 8.16. The Hall–Kier alpha value is -3.94. The number of hydrogen-bond donors (Lipinski definition) is 1. The summed E-state index contributed by atoms with van der Waals surface area (Å²) in [5.74, 6) is 1.23. The van der Waals surface area contributed by atoms with Crippen molar-refractivity contribution in [2.75, 3.05) is 19.8 Å². The summed E-state index contributed by atoms with van der Waals surface area (Å²) >= 11 is 0. The molecule has 0 spiro atoms. The Bertz CT molecular complexity index is 1300. The summed E-state index contributed by atoms with van der Waals surface area (Å²) in [6, 6.07) is 13.4. The van der Waals surface area contributed by atoms with Crippen LogP contribution < -0.4 is 14.8 Å². The minimum absolute atomic E-state index is 0.102. The second kappa shape index (κ2) is 8.90. The maximum absolute atomic E-state index is 13.2. The maximum atomic E-state index is 13.2. The molecule has 33 heavy (non-hydrogen) atoms. The average Bonchev–Trinajstić information content (AvgIpc) is 3.28. The highest BCUT2D eigenvalue weighted by molar-refractivity contribution is 6.06. The summed E-state index contributed by atoms with van der Waals surface area (Å²) in [7, 11) is 0. The number of amides is 1. The summed E-state index contributed by atoms with van der Waals surface area (Å²) < 4.78 is 13.2. The second-order valence-electron chi connectivity index (χ2n) is 8.16. The number of hydrogen-bond acceptors (Lipinski definition) is 6. The van der Waals surface area contributed by atoms with E-state index in [1.165, 1.54) is 0 Å². The van der Waals surface area contributed by atoms with Crippen LogP contribution in [0.2, 0.25) is 0 Å². The van der Waals surface area contributed by atoms with Gasteiger partial charge in [-0.1, -0.05) is 6.07 Å². The molecule has 0 radical (unpaired) electrons. The summed E-state index contributed by atoms with van der Waals surface area (Å²) in [5.41, 5.74) is 3.67. The van der Waals surface area contributed by atoms with E-state index in [-0.39, 0.29) is 11.9 Å². The normalized spacial score (nSPS) is 12.8. The quantitative estimate of drug-likeness (QED) is 0.487. The smallest absolute Gasteiger partial charge is 0.252 e. The van der Waals surface area contributed by atoms with Crippen molar-refractivity contribution in [2.24, 2.45) is 0 Å². The largest absolute Gasteiger partial charge is 0.486 e. The van der Waals surface area contributed by atoms with Crippen LogP contribution in [0.4, 0.5) is 0 Å². The van der Waals surface area contributed by atoms with E-state index in [1.54, 1.807) is 12.4 Å². The molecular formula is C25H25N5O3. The molecule has 4 aromatic rings. The van der Waals surface area contributed by atoms with Gasteiger partial charge < -0.3 is 14.8 Å². The van der Waals surface area contributed by atoms with Gasteiger partial charge in [-0.2, -0.15) is 5.10 Å². The van der Waals surface area contributed by atoms with Gasteiger partial charge in [-0.05, 0) is 50.2 Å². The van der Waals surface area contributed by atoms with Crippen molar-refractivity contribution in [1.29, 1.82) is 0 Å². The van der Waals surface area contributed by atoms with Crippen LogP contribution >= 0.6 is 0 Å². The van der Waals surface area contributed by atoms with Crippen LogP contribution in [-0.2, 0) is 6.42 Å². The maximum Gasteiger partial charge on any atom is 0.252 e. The van der Waals surface area contributed by atoms with Crippen LogP contribution in [0, 0.1) is 0 Å². The SMILES string of the molecule is CC(C)n1ncc2c(C(=O)NCCc3ccccn3)cc(-c3ccc4c(c3)OCCO4)nc21. The molecule has 1 aromatic carbocycles. The topological polar surface area (TPSA) is 91.2 Å². The molecule has 1 N–H and O–H groups in total. The van der Waals surface area contributed by atoms with Crippen molar-refractivity contribution in [3.05, 3.63) is 66.1 Å². The monoisotopic (exact) mass is 443 g/mol. The van der Waals surface area contributed by atoms with Crippen LogP contribution in [0.5, 0.6) is 11.5 Å². The van der Waals surface area contributed by atoms with Crippen molar-refractivity contribution in [1.82, 2.24) is 25.1 Å². The van der Waals surface area contributed by atoms with Gasteiger partial charge in [-0.3, -0.25) is 9.78 Å². The van der Waals surface area contributed by atoms with E-state index >= 15 is 0 Å². The molecule has 1 aliphatic heterocycles. The number of ether oxygens (including phenoxy) is 2.